The van der Waals surface area contributed by atoms with Gasteiger partial charge in [-0.1, -0.05) is 41.9 Å². The van der Waals surface area contributed by atoms with E-state index in [-0.39, 0.29) is 5.82 Å². The van der Waals surface area contributed by atoms with Crippen LogP contribution in [0.5, 0.6) is 0 Å². The summed E-state index contributed by atoms with van der Waals surface area (Å²) >= 11 is 5.78. The highest BCUT2D eigenvalue weighted by molar-refractivity contribution is 6.30. The zero-order chi connectivity index (χ0) is 12.1. The highest BCUT2D eigenvalue weighted by Gasteiger charge is 1.99. The van der Waals surface area contributed by atoms with Gasteiger partial charge in [0, 0.05) is 18.1 Å². The maximum Gasteiger partial charge on any atom is 0.125 e. The third-order valence-electron chi connectivity index (χ3n) is 2.42. The van der Waals surface area contributed by atoms with Crippen LogP contribution in [0.2, 0.25) is 5.02 Å². The first-order valence-corrected chi connectivity index (χ1v) is 5.81. The van der Waals surface area contributed by atoms with Crippen LogP contribution < -0.4 is 5.32 Å². The summed E-state index contributed by atoms with van der Waals surface area (Å²) in [6, 6.07) is 14.6. The van der Waals surface area contributed by atoms with Crippen LogP contribution in [0.1, 0.15) is 11.1 Å². The van der Waals surface area contributed by atoms with Crippen LogP contribution in [0, 0.1) is 5.82 Å². The van der Waals surface area contributed by atoms with Crippen LogP contribution in [-0.2, 0) is 13.1 Å². The van der Waals surface area contributed by atoms with Gasteiger partial charge in [-0.25, -0.2) is 4.39 Å². The molecule has 0 fully saturated rings. The van der Waals surface area contributed by atoms with Crippen molar-refractivity contribution in [3.8, 4) is 0 Å². The smallest absolute Gasteiger partial charge is 0.125 e. The SMILES string of the molecule is Fc1cc(Cl)cc(CNCc2ccccc2)c1. The Bertz CT molecular complexity index is 465. The largest absolute Gasteiger partial charge is 0.309 e. The lowest BCUT2D eigenvalue weighted by Crippen LogP contribution is -2.12. The zero-order valence-electron chi connectivity index (χ0n) is 9.29. The van der Waals surface area contributed by atoms with Crippen molar-refractivity contribution < 1.29 is 4.39 Å². The Morgan fingerprint density at radius 3 is 2.35 bits per heavy atom. The van der Waals surface area contributed by atoms with E-state index in [1.54, 1.807) is 6.07 Å². The fourth-order valence-electron chi connectivity index (χ4n) is 1.66. The molecule has 0 bridgehead atoms. The molecule has 0 atom stereocenters. The lowest BCUT2D eigenvalue weighted by Gasteiger charge is -2.05. The van der Waals surface area contributed by atoms with Gasteiger partial charge in [0.2, 0.25) is 0 Å². The minimum atomic E-state index is -0.297. The van der Waals surface area contributed by atoms with Gasteiger partial charge >= 0.3 is 0 Å². The molecule has 0 heterocycles. The molecular formula is C14H13ClFN. The summed E-state index contributed by atoms with van der Waals surface area (Å²) in [7, 11) is 0. The molecule has 0 saturated carbocycles. The van der Waals surface area contributed by atoms with E-state index < -0.39 is 0 Å². The summed E-state index contributed by atoms with van der Waals surface area (Å²) in [4.78, 5) is 0. The van der Waals surface area contributed by atoms with Gasteiger partial charge in [0.15, 0.2) is 0 Å². The third-order valence-corrected chi connectivity index (χ3v) is 2.64. The topological polar surface area (TPSA) is 12.0 Å². The van der Waals surface area contributed by atoms with Crippen molar-refractivity contribution in [2.24, 2.45) is 0 Å². The summed E-state index contributed by atoms with van der Waals surface area (Å²) in [5, 5.41) is 3.68. The normalized spacial score (nSPS) is 10.5. The van der Waals surface area contributed by atoms with Gasteiger partial charge < -0.3 is 5.32 Å². The molecule has 0 aliphatic heterocycles. The molecule has 2 aromatic carbocycles. The molecule has 17 heavy (non-hydrogen) atoms. The molecular weight excluding hydrogens is 237 g/mol. The molecule has 0 spiro atoms. The van der Waals surface area contributed by atoms with Crippen LogP contribution in [0.4, 0.5) is 4.39 Å². The van der Waals surface area contributed by atoms with Gasteiger partial charge in [0.05, 0.1) is 0 Å². The molecule has 1 N–H and O–H groups in total. The Kier molecular flexibility index (Phi) is 4.13. The average Bonchev–Trinajstić information content (AvgIpc) is 2.29. The number of nitrogens with one attached hydrogen (secondary N) is 1. The Balaban J connectivity index is 1.90. The second kappa shape index (κ2) is 5.80. The van der Waals surface area contributed by atoms with Crippen LogP contribution in [-0.4, -0.2) is 0 Å². The molecule has 0 aliphatic carbocycles. The second-order valence-corrected chi connectivity index (χ2v) is 4.30. The van der Waals surface area contributed by atoms with Crippen LogP contribution in [0.3, 0.4) is 0 Å². The van der Waals surface area contributed by atoms with E-state index in [2.05, 4.69) is 5.32 Å². The van der Waals surface area contributed by atoms with Crippen molar-refractivity contribution in [1.29, 1.82) is 0 Å². The molecule has 0 amide bonds. The van der Waals surface area contributed by atoms with E-state index in [4.69, 9.17) is 11.6 Å². The molecule has 0 aromatic heterocycles. The maximum atomic E-state index is 13.1. The monoisotopic (exact) mass is 249 g/mol. The molecule has 0 radical (unpaired) electrons. The van der Waals surface area contributed by atoms with Crippen molar-refractivity contribution in [3.05, 3.63) is 70.5 Å². The Morgan fingerprint density at radius 2 is 1.65 bits per heavy atom. The van der Waals surface area contributed by atoms with Crippen LogP contribution >= 0.6 is 11.6 Å². The Morgan fingerprint density at radius 1 is 0.941 bits per heavy atom. The van der Waals surface area contributed by atoms with E-state index in [0.717, 1.165) is 12.1 Å². The van der Waals surface area contributed by atoms with E-state index in [1.807, 2.05) is 30.3 Å². The van der Waals surface area contributed by atoms with Gasteiger partial charge in [0.25, 0.3) is 0 Å². The van der Waals surface area contributed by atoms with E-state index in [1.165, 1.54) is 17.7 Å². The third kappa shape index (κ3) is 3.84. The number of rotatable bonds is 4. The molecule has 3 heteroatoms. The lowest BCUT2D eigenvalue weighted by atomic mass is 10.2. The highest BCUT2D eigenvalue weighted by Crippen LogP contribution is 2.14. The van der Waals surface area contributed by atoms with Crippen molar-refractivity contribution in [2.75, 3.05) is 0 Å². The fourth-order valence-corrected chi connectivity index (χ4v) is 1.90. The summed E-state index contributed by atoms with van der Waals surface area (Å²) in [5.41, 5.74) is 2.06. The predicted octanol–water partition coefficient (Wildman–Crippen LogP) is 3.77. The first kappa shape index (κ1) is 12.1. The number of hydrogen-bond acceptors (Lipinski definition) is 1. The van der Waals surface area contributed by atoms with Crippen molar-refractivity contribution >= 4 is 11.6 Å². The van der Waals surface area contributed by atoms with Gasteiger partial charge in [-0.3, -0.25) is 0 Å². The van der Waals surface area contributed by atoms with Crippen molar-refractivity contribution in [3.63, 3.8) is 0 Å². The van der Waals surface area contributed by atoms with Crippen molar-refractivity contribution in [2.45, 2.75) is 13.1 Å². The maximum absolute atomic E-state index is 13.1. The van der Waals surface area contributed by atoms with Gasteiger partial charge in [0.1, 0.15) is 5.82 Å². The summed E-state index contributed by atoms with van der Waals surface area (Å²) < 4.78 is 13.1. The molecule has 0 unspecified atom stereocenters. The quantitative estimate of drug-likeness (QED) is 0.870. The zero-order valence-corrected chi connectivity index (χ0v) is 10.0. The number of halogens is 2. The van der Waals surface area contributed by atoms with E-state index >= 15 is 0 Å². The van der Waals surface area contributed by atoms with Crippen LogP contribution in [0.25, 0.3) is 0 Å². The Hall–Kier alpha value is -1.38. The Labute approximate surface area is 105 Å². The molecule has 88 valence electrons. The highest BCUT2D eigenvalue weighted by atomic mass is 35.5. The van der Waals surface area contributed by atoms with Gasteiger partial charge in [-0.2, -0.15) is 0 Å². The molecule has 2 aromatic rings. The minimum Gasteiger partial charge on any atom is -0.309 e. The molecule has 2 rings (SSSR count). The average molecular weight is 250 g/mol. The van der Waals surface area contributed by atoms with Gasteiger partial charge in [-0.15, -0.1) is 0 Å². The number of hydrogen-bond donors (Lipinski definition) is 1. The lowest BCUT2D eigenvalue weighted by molar-refractivity contribution is 0.620. The standard InChI is InChI=1S/C14H13ClFN/c15-13-6-12(7-14(16)8-13)10-17-9-11-4-2-1-3-5-11/h1-8,17H,9-10H2. The fraction of sp³-hybridized carbons (Fsp3) is 0.143. The molecule has 0 saturated heterocycles. The molecule has 1 nitrogen and oxygen atoms in total. The van der Waals surface area contributed by atoms with Crippen molar-refractivity contribution in [1.82, 2.24) is 5.32 Å². The first-order valence-electron chi connectivity index (χ1n) is 5.43. The van der Waals surface area contributed by atoms with Gasteiger partial charge in [-0.05, 0) is 29.3 Å². The first-order chi connectivity index (χ1) is 8.24. The number of benzene rings is 2. The van der Waals surface area contributed by atoms with E-state index in [0.29, 0.717) is 11.6 Å². The second-order valence-electron chi connectivity index (χ2n) is 3.87. The minimum absolute atomic E-state index is 0.297. The molecule has 0 aliphatic rings. The predicted molar refractivity (Wildman–Crippen MR) is 68.4 cm³/mol. The van der Waals surface area contributed by atoms with E-state index in [9.17, 15) is 4.39 Å². The summed E-state index contributed by atoms with van der Waals surface area (Å²) in [6.07, 6.45) is 0. The summed E-state index contributed by atoms with van der Waals surface area (Å²) in [6.45, 7) is 1.36. The van der Waals surface area contributed by atoms with Crippen LogP contribution in [0.15, 0.2) is 48.5 Å². The summed E-state index contributed by atoms with van der Waals surface area (Å²) in [5.74, 6) is -0.297.